The fourth-order valence-electron chi connectivity index (χ4n) is 1.30. The van der Waals surface area contributed by atoms with Crippen molar-refractivity contribution < 1.29 is 9.90 Å². The van der Waals surface area contributed by atoms with Crippen molar-refractivity contribution in [2.45, 2.75) is 25.8 Å². The molecule has 0 heterocycles. The van der Waals surface area contributed by atoms with Crippen molar-refractivity contribution in [2.24, 2.45) is 5.73 Å². The average Bonchev–Trinajstić information content (AvgIpc) is 2.17. The number of carboxylic acids is 1. The van der Waals surface area contributed by atoms with Gasteiger partial charge in [-0.05, 0) is 25.8 Å². The van der Waals surface area contributed by atoms with Crippen molar-refractivity contribution in [2.75, 3.05) is 0 Å². The first-order valence-corrected chi connectivity index (χ1v) is 5.17. The van der Waals surface area contributed by atoms with Crippen LogP contribution in [0.5, 0.6) is 0 Å². The molecule has 1 rings (SSSR count). The first kappa shape index (κ1) is 12.5. The van der Waals surface area contributed by atoms with Crippen LogP contribution in [-0.4, -0.2) is 16.6 Å². The molecule has 0 aliphatic carbocycles. The molecule has 3 heteroatoms. The Kier molecular flexibility index (Phi) is 3.85. The summed E-state index contributed by atoms with van der Waals surface area (Å²) >= 11 is 0. The highest BCUT2D eigenvalue weighted by Gasteiger charge is 2.25. The molecule has 0 radical (unpaired) electrons. The third-order valence-corrected chi connectivity index (χ3v) is 2.38. The minimum Gasteiger partial charge on any atom is -0.480 e. The summed E-state index contributed by atoms with van der Waals surface area (Å²) in [5.74, 6) is -0.985. The van der Waals surface area contributed by atoms with Crippen molar-refractivity contribution >= 4 is 12.0 Å². The number of carbonyl (C=O) groups is 1. The lowest BCUT2D eigenvalue weighted by atomic mass is 9.99. The number of hydrogen-bond acceptors (Lipinski definition) is 2. The first-order valence-electron chi connectivity index (χ1n) is 5.17. The first-order chi connectivity index (χ1) is 7.42. The van der Waals surface area contributed by atoms with Crippen molar-refractivity contribution in [3.05, 3.63) is 41.5 Å². The molecule has 0 amide bonds. The van der Waals surface area contributed by atoms with Crippen LogP contribution in [0.25, 0.3) is 6.08 Å². The van der Waals surface area contributed by atoms with E-state index in [2.05, 4.69) is 0 Å². The second-order valence-electron chi connectivity index (χ2n) is 4.24. The fraction of sp³-hybridized carbons (Fsp3) is 0.308. The summed E-state index contributed by atoms with van der Waals surface area (Å²) in [5.41, 5.74) is 6.64. The molecule has 0 aromatic heterocycles. The molecule has 3 N–H and O–H groups in total. The zero-order valence-corrected chi connectivity index (χ0v) is 9.60. The van der Waals surface area contributed by atoms with Gasteiger partial charge in [0.15, 0.2) is 0 Å². The van der Waals surface area contributed by atoms with Gasteiger partial charge in [0.2, 0.25) is 0 Å². The van der Waals surface area contributed by atoms with Crippen LogP contribution in [0.2, 0.25) is 0 Å². The number of benzene rings is 1. The molecule has 0 aliphatic heterocycles. The molecule has 0 unspecified atom stereocenters. The molecule has 1 aromatic rings. The minimum absolute atomic E-state index is 0.316. The number of rotatable bonds is 4. The zero-order chi connectivity index (χ0) is 12.2. The molecule has 0 aliphatic rings. The Bertz CT molecular complexity index is 408. The van der Waals surface area contributed by atoms with E-state index in [-0.39, 0.29) is 0 Å². The van der Waals surface area contributed by atoms with Gasteiger partial charge in [-0.1, -0.05) is 42.0 Å². The molecule has 0 bridgehead atoms. The molecular formula is C13H17NO2. The monoisotopic (exact) mass is 219 g/mol. The Morgan fingerprint density at radius 3 is 2.81 bits per heavy atom. The van der Waals surface area contributed by atoms with Crippen molar-refractivity contribution in [3.63, 3.8) is 0 Å². The lowest BCUT2D eigenvalue weighted by molar-refractivity contribution is -0.142. The normalized spacial score (nSPS) is 14.9. The summed E-state index contributed by atoms with van der Waals surface area (Å²) in [5, 5.41) is 8.82. The van der Waals surface area contributed by atoms with E-state index in [0.717, 1.165) is 5.56 Å². The number of nitrogens with two attached hydrogens (primary N) is 1. The van der Waals surface area contributed by atoms with Crippen molar-refractivity contribution in [3.8, 4) is 0 Å². The number of aryl methyl sites for hydroxylation is 1. The maximum Gasteiger partial charge on any atom is 0.323 e. The Balaban J connectivity index is 2.65. The number of aliphatic carboxylic acids is 1. The van der Waals surface area contributed by atoms with Gasteiger partial charge in [-0.15, -0.1) is 0 Å². The van der Waals surface area contributed by atoms with E-state index < -0.39 is 11.5 Å². The molecule has 0 saturated heterocycles. The second kappa shape index (κ2) is 4.94. The number of carboxylic acid groups (broad SMARTS) is 1. The van der Waals surface area contributed by atoms with E-state index >= 15 is 0 Å². The summed E-state index contributed by atoms with van der Waals surface area (Å²) in [6, 6.07) is 7.98. The van der Waals surface area contributed by atoms with E-state index in [1.165, 1.54) is 12.5 Å². The quantitative estimate of drug-likeness (QED) is 0.816. The van der Waals surface area contributed by atoms with Gasteiger partial charge in [-0.3, -0.25) is 4.79 Å². The van der Waals surface area contributed by atoms with Gasteiger partial charge >= 0.3 is 5.97 Å². The van der Waals surface area contributed by atoms with Crippen LogP contribution in [0.1, 0.15) is 24.5 Å². The van der Waals surface area contributed by atoms with E-state index in [0.29, 0.717) is 6.42 Å². The largest absolute Gasteiger partial charge is 0.480 e. The molecule has 86 valence electrons. The molecule has 0 saturated carbocycles. The summed E-state index contributed by atoms with van der Waals surface area (Å²) in [7, 11) is 0. The van der Waals surface area contributed by atoms with Crippen LogP contribution in [0.15, 0.2) is 30.3 Å². The Morgan fingerprint density at radius 2 is 2.25 bits per heavy atom. The summed E-state index contributed by atoms with van der Waals surface area (Å²) in [4.78, 5) is 10.8. The van der Waals surface area contributed by atoms with Crippen LogP contribution < -0.4 is 5.73 Å². The van der Waals surface area contributed by atoms with Gasteiger partial charge in [0.1, 0.15) is 5.54 Å². The Morgan fingerprint density at radius 1 is 1.56 bits per heavy atom. The highest BCUT2D eigenvalue weighted by molar-refractivity contribution is 5.78. The maximum atomic E-state index is 10.8. The Labute approximate surface area is 95.6 Å². The van der Waals surface area contributed by atoms with E-state index in [9.17, 15) is 4.79 Å². The highest BCUT2D eigenvalue weighted by Crippen LogP contribution is 2.10. The van der Waals surface area contributed by atoms with Gasteiger partial charge in [0, 0.05) is 0 Å². The molecule has 3 nitrogen and oxygen atoms in total. The van der Waals surface area contributed by atoms with E-state index in [1.54, 1.807) is 6.08 Å². The van der Waals surface area contributed by atoms with Crippen molar-refractivity contribution in [1.29, 1.82) is 0 Å². The second-order valence-corrected chi connectivity index (χ2v) is 4.24. The van der Waals surface area contributed by atoms with Crippen LogP contribution in [-0.2, 0) is 4.79 Å². The summed E-state index contributed by atoms with van der Waals surface area (Å²) in [6.07, 6.45) is 4.00. The topological polar surface area (TPSA) is 63.3 Å². The fourth-order valence-corrected chi connectivity index (χ4v) is 1.30. The lowest BCUT2D eigenvalue weighted by Gasteiger charge is -2.16. The molecule has 1 aromatic carbocycles. The molecule has 1 atom stereocenters. The molecule has 0 fully saturated rings. The standard InChI is InChI=1S/C13H17NO2/c1-10-5-3-6-11(9-10)7-4-8-13(2,14)12(15)16/h3-7,9H,8,14H2,1-2H3,(H,15,16)/b7-4+/t13-/m0/s1. The highest BCUT2D eigenvalue weighted by atomic mass is 16.4. The molecule has 16 heavy (non-hydrogen) atoms. The number of hydrogen-bond donors (Lipinski definition) is 2. The third kappa shape index (κ3) is 3.51. The molecular weight excluding hydrogens is 202 g/mol. The third-order valence-electron chi connectivity index (χ3n) is 2.38. The van der Waals surface area contributed by atoms with Crippen LogP contribution in [0.3, 0.4) is 0 Å². The summed E-state index contributed by atoms with van der Waals surface area (Å²) < 4.78 is 0. The van der Waals surface area contributed by atoms with E-state index in [1.807, 2.05) is 37.3 Å². The zero-order valence-electron chi connectivity index (χ0n) is 9.60. The average molecular weight is 219 g/mol. The van der Waals surface area contributed by atoms with Gasteiger partial charge < -0.3 is 10.8 Å². The molecule has 0 spiro atoms. The van der Waals surface area contributed by atoms with Gasteiger partial charge in [0.25, 0.3) is 0 Å². The Hall–Kier alpha value is -1.61. The van der Waals surface area contributed by atoms with Crippen LogP contribution in [0.4, 0.5) is 0 Å². The maximum absolute atomic E-state index is 10.8. The van der Waals surface area contributed by atoms with Gasteiger partial charge in [-0.2, -0.15) is 0 Å². The van der Waals surface area contributed by atoms with E-state index in [4.69, 9.17) is 10.8 Å². The van der Waals surface area contributed by atoms with Gasteiger partial charge in [-0.25, -0.2) is 0 Å². The van der Waals surface area contributed by atoms with Crippen LogP contribution in [0, 0.1) is 6.92 Å². The van der Waals surface area contributed by atoms with Crippen molar-refractivity contribution in [1.82, 2.24) is 0 Å². The van der Waals surface area contributed by atoms with Crippen LogP contribution >= 0.6 is 0 Å². The predicted octanol–water partition coefficient (Wildman–Crippen LogP) is 2.20. The smallest absolute Gasteiger partial charge is 0.323 e. The summed E-state index contributed by atoms with van der Waals surface area (Å²) in [6.45, 7) is 3.53. The lowest BCUT2D eigenvalue weighted by Crippen LogP contribution is -2.44. The van der Waals surface area contributed by atoms with Gasteiger partial charge in [0.05, 0.1) is 0 Å². The SMILES string of the molecule is Cc1cccc(/C=C/C[C@](C)(N)C(=O)O)c1. The minimum atomic E-state index is -1.19. The predicted molar refractivity (Wildman–Crippen MR) is 65.1 cm³/mol.